The van der Waals surface area contributed by atoms with E-state index >= 15 is 0 Å². The van der Waals surface area contributed by atoms with Crippen molar-refractivity contribution in [3.05, 3.63) is 65.4 Å². The van der Waals surface area contributed by atoms with Crippen LogP contribution in [0.1, 0.15) is 42.8 Å². The van der Waals surface area contributed by atoms with Crippen LogP contribution in [0.5, 0.6) is 11.9 Å². The molecule has 0 saturated carbocycles. The van der Waals surface area contributed by atoms with Crippen molar-refractivity contribution in [1.29, 1.82) is 0 Å². The van der Waals surface area contributed by atoms with Crippen molar-refractivity contribution in [3.8, 4) is 11.9 Å². The molecule has 1 saturated heterocycles. The minimum Gasteiger partial charge on any atom is -0.474 e. The number of hydrogen-bond acceptors (Lipinski definition) is 8. The highest BCUT2D eigenvalue weighted by Gasteiger charge is 2.36. The number of methoxy groups -OCH3 is 1. The SMILES string of the molecule is COc1ncc(C(C)(O)COc2ccnc(C(F)(F)F)n2)c(C2CCN(C(=O)Nc3c(F)cccc3F)CC2)n1. The van der Waals surface area contributed by atoms with Gasteiger partial charge in [-0.25, -0.2) is 23.5 Å². The van der Waals surface area contributed by atoms with Crippen LogP contribution in [0.2, 0.25) is 0 Å². The number of anilines is 1. The van der Waals surface area contributed by atoms with E-state index in [2.05, 4.69) is 25.3 Å². The Morgan fingerprint density at radius 2 is 1.80 bits per heavy atom. The summed E-state index contributed by atoms with van der Waals surface area (Å²) in [6.45, 7) is 1.31. The first-order chi connectivity index (χ1) is 18.9. The van der Waals surface area contributed by atoms with E-state index in [0.717, 1.165) is 24.4 Å². The fourth-order valence-corrected chi connectivity index (χ4v) is 4.21. The zero-order valence-electron chi connectivity index (χ0n) is 21.4. The maximum atomic E-state index is 13.9. The van der Waals surface area contributed by atoms with Gasteiger partial charge < -0.3 is 24.8 Å². The van der Waals surface area contributed by atoms with Gasteiger partial charge in [-0.1, -0.05) is 6.07 Å². The standard InChI is InChI=1S/C25H25F5N6O4/c1-24(38,13-40-18-6-9-31-21(33-18)25(28,29)30)15-12-32-22(39-2)34-19(15)14-7-10-36(11-8-14)23(37)35-20-16(26)4-3-5-17(20)27/h3-6,9,12,14,38H,7-8,10-11,13H2,1-2H3,(H,35,37). The molecule has 0 spiro atoms. The molecule has 1 unspecified atom stereocenters. The summed E-state index contributed by atoms with van der Waals surface area (Å²) in [7, 11) is 1.36. The van der Waals surface area contributed by atoms with Crippen molar-refractivity contribution in [2.75, 3.05) is 32.1 Å². The third-order valence-corrected chi connectivity index (χ3v) is 6.31. The summed E-state index contributed by atoms with van der Waals surface area (Å²) >= 11 is 0. The number of aromatic nitrogens is 4. The van der Waals surface area contributed by atoms with E-state index < -0.39 is 47.6 Å². The second kappa shape index (κ2) is 11.5. The summed E-state index contributed by atoms with van der Waals surface area (Å²) in [4.78, 5) is 29.0. The van der Waals surface area contributed by atoms with Crippen molar-refractivity contribution in [3.63, 3.8) is 0 Å². The smallest absolute Gasteiger partial charge is 0.451 e. The molecule has 2 amide bonds. The summed E-state index contributed by atoms with van der Waals surface area (Å²) in [6.07, 6.45) is -1.79. The lowest BCUT2D eigenvalue weighted by molar-refractivity contribution is -0.145. The van der Waals surface area contributed by atoms with E-state index in [1.54, 1.807) is 0 Å². The number of benzene rings is 1. The monoisotopic (exact) mass is 568 g/mol. The van der Waals surface area contributed by atoms with Crippen LogP contribution in [0.3, 0.4) is 0 Å². The molecule has 1 aliphatic heterocycles. The number of para-hydroxylation sites is 1. The molecule has 15 heteroatoms. The molecule has 3 aromatic rings. The van der Waals surface area contributed by atoms with Crippen LogP contribution in [-0.2, 0) is 11.8 Å². The molecule has 1 aliphatic rings. The molecule has 3 heterocycles. The molecule has 2 aromatic heterocycles. The van der Waals surface area contributed by atoms with Crippen LogP contribution in [-0.4, -0.2) is 62.8 Å². The highest BCUT2D eigenvalue weighted by molar-refractivity contribution is 5.89. The Labute approximate surface area is 225 Å². The maximum absolute atomic E-state index is 13.9. The number of hydrogen-bond donors (Lipinski definition) is 2. The fourth-order valence-electron chi connectivity index (χ4n) is 4.21. The van der Waals surface area contributed by atoms with Gasteiger partial charge in [0.15, 0.2) is 0 Å². The molecule has 0 bridgehead atoms. The number of aliphatic hydroxyl groups is 1. The first-order valence-electron chi connectivity index (χ1n) is 12.1. The van der Waals surface area contributed by atoms with Crippen LogP contribution in [0, 0.1) is 11.6 Å². The maximum Gasteiger partial charge on any atom is 0.451 e. The molecule has 0 aliphatic carbocycles. The lowest BCUT2D eigenvalue weighted by Crippen LogP contribution is -2.41. The van der Waals surface area contributed by atoms with Gasteiger partial charge in [0.2, 0.25) is 11.7 Å². The summed E-state index contributed by atoms with van der Waals surface area (Å²) in [5.41, 5.74) is -1.66. The zero-order valence-corrected chi connectivity index (χ0v) is 21.4. The third-order valence-electron chi connectivity index (χ3n) is 6.31. The molecule has 214 valence electrons. The van der Waals surface area contributed by atoms with Crippen LogP contribution >= 0.6 is 0 Å². The Bertz CT molecular complexity index is 1350. The summed E-state index contributed by atoms with van der Waals surface area (Å²) in [5.74, 6) is -3.86. The van der Waals surface area contributed by atoms with Gasteiger partial charge in [0.05, 0.1) is 12.8 Å². The number of nitrogens with one attached hydrogen (secondary N) is 1. The van der Waals surface area contributed by atoms with Crippen LogP contribution in [0.25, 0.3) is 0 Å². The van der Waals surface area contributed by atoms with Crippen LogP contribution in [0.15, 0.2) is 36.7 Å². The second-order valence-corrected chi connectivity index (χ2v) is 9.22. The number of likely N-dealkylation sites (tertiary alicyclic amines) is 1. The number of urea groups is 1. The van der Waals surface area contributed by atoms with Crippen LogP contribution < -0.4 is 14.8 Å². The zero-order chi connectivity index (χ0) is 29.1. The highest BCUT2D eigenvalue weighted by Crippen LogP contribution is 2.35. The van der Waals surface area contributed by atoms with Gasteiger partial charge in [0, 0.05) is 43.0 Å². The molecule has 4 rings (SSSR count). The van der Waals surface area contributed by atoms with Crippen LogP contribution in [0.4, 0.5) is 32.4 Å². The second-order valence-electron chi connectivity index (χ2n) is 9.22. The van der Waals surface area contributed by atoms with Gasteiger partial charge in [-0.3, -0.25) is 0 Å². The van der Waals surface area contributed by atoms with Crippen molar-refractivity contribution < 1.29 is 41.3 Å². The largest absolute Gasteiger partial charge is 0.474 e. The average molecular weight is 569 g/mol. The minimum atomic E-state index is -4.77. The Morgan fingerprint density at radius 3 is 2.42 bits per heavy atom. The number of piperidine rings is 1. The van der Waals surface area contributed by atoms with Crippen molar-refractivity contribution in [2.45, 2.75) is 37.5 Å². The molecule has 40 heavy (non-hydrogen) atoms. The molecule has 0 radical (unpaired) electrons. The first kappa shape index (κ1) is 28.9. The number of amides is 2. The van der Waals surface area contributed by atoms with Crippen molar-refractivity contribution in [2.24, 2.45) is 0 Å². The Hall–Kier alpha value is -4.14. The number of halogens is 5. The third kappa shape index (κ3) is 6.52. The van der Waals surface area contributed by atoms with E-state index in [1.165, 1.54) is 31.2 Å². The van der Waals surface area contributed by atoms with E-state index in [4.69, 9.17) is 9.47 Å². The van der Waals surface area contributed by atoms with E-state index in [1.807, 2.05) is 0 Å². The topological polar surface area (TPSA) is 123 Å². The quantitative estimate of drug-likeness (QED) is 0.406. The molecule has 1 aromatic carbocycles. The molecular weight excluding hydrogens is 543 g/mol. The van der Waals surface area contributed by atoms with Gasteiger partial charge in [-0.2, -0.15) is 23.1 Å². The Balaban J connectivity index is 1.48. The minimum absolute atomic E-state index is 0.0243. The lowest BCUT2D eigenvalue weighted by Gasteiger charge is -2.34. The predicted molar refractivity (Wildman–Crippen MR) is 130 cm³/mol. The Morgan fingerprint density at radius 1 is 1.12 bits per heavy atom. The number of carbonyl (C=O) groups is 1. The normalized spacial score (nSPS) is 15.8. The molecule has 1 atom stereocenters. The van der Waals surface area contributed by atoms with Gasteiger partial charge in [-0.05, 0) is 31.9 Å². The Kier molecular flexibility index (Phi) is 8.32. The average Bonchev–Trinajstić information content (AvgIpc) is 2.93. The fraction of sp³-hybridized carbons (Fsp3) is 0.400. The predicted octanol–water partition coefficient (Wildman–Crippen LogP) is 4.27. The summed E-state index contributed by atoms with van der Waals surface area (Å²) < 4.78 is 77.2. The van der Waals surface area contributed by atoms with E-state index in [9.17, 15) is 31.9 Å². The first-order valence-corrected chi connectivity index (χ1v) is 12.1. The number of rotatable bonds is 7. The van der Waals surface area contributed by atoms with E-state index in [0.29, 0.717) is 18.5 Å². The van der Waals surface area contributed by atoms with Gasteiger partial charge in [0.1, 0.15) is 29.5 Å². The van der Waals surface area contributed by atoms with E-state index in [-0.39, 0.29) is 36.5 Å². The molecule has 1 fully saturated rings. The summed E-state index contributed by atoms with van der Waals surface area (Å²) in [5, 5.41) is 13.5. The number of alkyl halides is 3. The number of ether oxygens (including phenoxy) is 2. The van der Waals surface area contributed by atoms with Crippen molar-refractivity contribution >= 4 is 11.7 Å². The highest BCUT2D eigenvalue weighted by atomic mass is 19.4. The lowest BCUT2D eigenvalue weighted by atomic mass is 9.86. The molecular formula is C25H25F5N6O4. The summed E-state index contributed by atoms with van der Waals surface area (Å²) in [6, 6.07) is 3.73. The van der Waals surface area contributed by atoms with Gasteiger partial charge in [0.25, 0.3) is 0 Å². The van der Waals surface area contributed by atoms with Crippen molar-refractivity contribution in [1.82, 2.24) is 24.8 Å². The van der Waals surface area contributed by atoms with Gasteiger partial charge in [-0.15, -0.1) is 0 Å². The number of carbonyl (C=O) groups excluding carboxylic acids is 1. The molecule has 2 N–H and O–H groups in total. The molecule has 10 nitrogen and oxygen atoms in total. The number of nitrogens with zero attached hydrogens (tertiary/aromatic N) is 5. The van der Waals surface area contributed by atoms with Gasteiger partial charge >= 0.3 is 18.2 Å².